The number of hydrogen-bond acceptors (Lipinski definition) is 4. The molecule has 0 aliphatic carbocycles. The Bertz CT molecular complexity index is 989. The van der Waals surface area contributed by atoms with Crippen LogP contribution in [0.4, 0.5) is 0 Å². The van der Waals surface area contributed by atoms with Crippen molar-refractivity contribution in [1.82, 2.24) is 10.3 Å². The number of fused-ring (bicyclic) bond motifs is 1. The second-order valence-corrected chi connectivity index (χ2v) is 7.18. The van der Waals surface area contributed by atoms with Crippen LogP contribution in [0.2, 0.25) is 5.02 Å². The summed E-state index contributed by atoms with van der Waals surface area (Å²) < 4.78 is 11.5. The maximum Gasteiger partial charge on any atom is 0.219 e. The third-order valence-corrected chi connectivity index (χ3v) is 4.30. The first-order chi connectivity index (χ1) is 13.4. The van der Waals surface area contributed by atoms with Gasteiger partial charge < -0.3 is 14.8 Å². The predicted octanol–water partition coefficient (Wildman–Crippen LogP) is 5.15. The van der Waals surface area contributed by atoms with Gasteiger partial charge in [-0.2, -0.15) is 0 Å². The van der Waals surface area contributed by atoms with Gasteiger partial charge in [0.2, 0.25) is 11.8 Å². The number of halogens is 1. The Hall–Kier alpha value is -2.79. The van der Waals surface area contributed by atoms with Crippen LogP contribution in [0, 0.1) is 0 Å². The van der Waals surface area contributed by atoms with Crippen molar-refractivity contribution in [1.29, 1.82) is 0 Å². The summed E-state index contributed by atoms with van der Waals surface area (Å²) in [5, 5.41) is 4.32. The molecule has 28 heavy (non-hydrogen) atoms. The van der Waals surface area contributed by atoms with Gasteiger partial charge >= 0.3 is 0 Å². The van der Waals surface area contributed by atoms with Crippen LogP contribution in [0.3, 0.4) is 0 Å². The van der Waals surface area contributed by atoms with Gasteiger partial charge in [0.15, 0.2) is 0 Å². The molecule has 0 saturated carbocycles. The van der Waals surface area contributed by atoms with E-state index in [1.807, 2.05) is 38.1 Å². The number of carbonyl (C=O) groups excluding carboxylic acids is 1. The van der Waals surface area contributed by atoms with Gasteiger partial charge in [0, 0.05) is 31.0 Å². The fraction of sp³-hybridized carbons (Fsp3) is 0.273. The summed E-state index contributed by atoms with van der Waals surface area (Å²) >= 11 is 6.26. The molecule has 0 fully saturated rings. The topological polar surface area (TPSA) is 60.5 Å². The van der Waals surface area contributed by atoms with Gasteiger partial charge in [0.1, 0.15) is 11.5 Å². The summed E-state index contributed by atoms with van der Waals surface area (Å²) in [7, 11) is 0. The van der Waals surface area contributed by atoms with E-state index < -0.39 is 0 Å². The monoisotopic (exact) mass is 398 g/mol. The maximum absolute atomic E-state index is 11.0. The standard InChI is InChI=1S/C22H23ClN2O3/c1-14(2)27-21-8-6-18(13-19(21)23)28-22-9-5-17-12-16(4-7-20(17)25-22)10-11-24-15(3)26/h4-9,12-14H,10-11H2,1-3H3,(H,24,26). The number of aromatic nitrogens is 1. The molecule has 0 spiro atoms. The van der Waals surface area contributed by atoms with Gasteiger partial charge in [-0.15, -0.1) is 0 Å². The van der Waals surface area contributed by atoms with Crippen molar-refractivity contribution in [2.24, 2.45) is 0 Å². The summed E-state index contributed by atoms with van der Waals surface area (Å²) in [4.78, 5) is 15.5. The summed E-state index contributed by atoms with van der Waals surface area (Å²) in [6.45, 7) is 6.03. The summed E-state index contributed by atoms with van der Waals surface area (Å²) in [5.41, 5.74) is 1.98. The van der Waals surface area contributed by atoms with Crippen LogP contribution in [-0.4, -0.2) is 23.5 Å². The molecular formula is C22H23ClN2O3. The first-order valence-electron chi connectivity index (χ1n) is 9.19. The zero-order chi connectivity index (χ0) is 20.1. The zero-order valence-electron chi connectivity index (χ0n) is 16.2. The molecule has 3 aromatic rings. The van der Waals surface area contributed by atoms with Crippen molar-refractivity contribution in [3.63, 3.8) is 0 Å². The highest BCUT2D eigenvalue weighted by atomic mass is 35.5. The minimum Gasteiger partial charge on any atom is -0.489 e. The first-order valence-corrected chi connectivity index (χ1v) is 9.56. The van der Waals surface area contributed by atoms with E-state index in [4.69, 9.17) is 21.1 Å². The summed E-state index contributed by atoms with van der Waals surface area (Å²) in [5.74, 6) is 1.70. The van der Waals surface area contributed by atoms with Crippen molar-refractivity contribution >= 4 is 28.4 Å². The fourth-order valence-corrected chi connectivity index (χ4v) is 2.98. The third kappa shape index (κ3) is 5.36. The number of rotatable bonds is 7. The third-order valence-electron chi connectivity index (χ3n) is 4.00. The first kappa shape index (κ1) is 20.0. The van der Waals surface area contributed by atoms with Crippen LogP contribution in [0.25, 0.3) is 10.9 Å². The van der Waals surface area contributed by atoms with Gasteiger partial charge in [-0.3, -0.25) is 4.79 Å². The molecule has 2 aromatic carbocycles. The second-order valence-electron chi connectivity index (χ2n) is 6.77. The van der Waals surface area contributed by atoms with Gasteiger partial charge in [-0.25, -0.2) is 4.98 Å². The fourth-order valence-electron chi connectivity index (χ4n) is 2.77. The van der Waals surface area contributed by atoms with E-state index in [0.29, 0.717) is 28.9 Å². The lowest BCUT2D eigenvalue weighted by molar-refractivity contribution is -0.118. The number of ether oxygens (including phenoxy) is 2. The number of nitrogens with one attached hydrogen (secondary N) is 1. The van der Waals surface area contributed by atoms with Crippen molar-refractivity contribution in [3.8, 4) is 17.4 Å². The molecule has 0 bridgehead atoms. The van der Waals surface area contributed by atoms with E-state index >= 15 is 0 Å². The number of carbonyl (C=O) groups is 1. The number of benzene rings is 2. The van der Waals surface area contributed by atoms with Crippen molar-refractivity contribution in [3.05, 3.63) is 59.1 Å². The van der Waals surface area contributed by atoms with Gasteiger partial charge in [-0.1, -0.05) is 17.7 Å². The molecule has 0 saturated heterocycles. The molecule has 3 rings (SSSR count). The number of pyridine rings is 1. The van der Waals surface area contributed by atoms with Crippen molar-refractivity contribution in [2.75, 3.05) is 6.54 Å². The molecule has 1 aromatic heterocycles. The van der Waals surface area contributed by atoms with Crippen LogP contribution < -0.4 is 14.8 Å². The Labute approximate surface area is 169 Å². The quantitative estimate of drug-likeness (QED) is 0.598. The van der Waals surface area contributed by atoms with E-state index in [2.05, 4.69) is 16.4 Å². The zero-order valence-corrected chi connectivity index (χ0v) is 16.9. The van der Waals surface area contributed by atoms with E-state index in [0.717, 1.165) is 22.9 Å². The Morgan fingerprint density at radius 2 is 1.96 bits per heavy atom. The Balaban J connectivity index is 1.72. The van der Waals surface area contributed by atoms with Gasteiger partial charge in [-0.05, 0) is 56.2 Å². The Kier molecular flexibility index (Phi) is 6.37. The van der Waals surface area contributed by atoms with E-state index in [1.165, 1.54) is 6.92 Å². The molecule has 5 nitrogen and oxygen atoms in total. The van der Waals surface area contributed by atoms with Crippen LogP contribution in [0.15, 0.2) is 48.5 Å². The molecular weight excluding hydrogens is 376 g/mol. The molecule has 1 amide bonds. The summed E-state index contributed by atoms with van der Waals surface area (Å²) in [6.07, 6.45) is 0.825. The molecule has 0 atom stereocenters. The lowest BCUT2D eigenvalue weighted by Crippen LogP contribution is -2.22. The summed E-state index contributed by atoms with van der Waals surface area (Å²) in [6, 6.07) is 15.2. The average Bonchev–Trinajstić information content (AvgIpc) is 2.63. The minimum absolute atomic E-state index is 0.0202. The maximum atomic E-state index is 11.0. The lowest BCUT2D eigenvalue weighted by Gasteiger charge is -2.12. The highest BCUT2D eigenvalue weighted by Gasteiger charge is 2.08. The number of nitrogens with zero attached hydrogens (tertiary/aromatic N) is 1. The van der Waals surface area contributed by atoms with Crippen LogP contribution in [-0.2, 0) is 11.2 Å². The average molecular weight is 399 g/mol. The molecule has 1 heterocycles. The van der Waals surface area contributed by atoms with Crippen LogP contribution in [0.1, 0.15) is 26.3 Å². The molecule has 0 aliphatic heterocycles. The number of amides is 1. The Morgan fingerprint density at radius 1 is 1.14 bits per heavy atom. The second kappa shape index (κ2) is 8.93. The molecule has 0 unspecified atom stereocenters. The highest BCUT2D eigenvalue weighted by Crippen LogP contribution is 2.32. The molecule has 6 heteroatoms. The Morgan fingerprint density at radius 3 is 2.68 bits per heavy atom. The van der Waals surface area contributed by atoms with Crippen LogP contribution >= 0.6 is 11.6 Å². The largest absolute Gasteiger partial charge is 0.489 e. The molecule has 0 radical (unpaired) electrons. The predicted molar refractivity (Wildman–Crippen MR) is 111 cm³/mol. The number of hydrogen-bond donors (Lipinski definition) is 1. The van der Waals surface area contributed by atoms with E-state index in [1.54, 1.807) is 18.2 Å². The SMILES string of the molecule is CC(=O)NCCc1ccc2nc(Oc3ccc(OC(C)C)c(Cl)c3)ccc2c1. The normalized spacial score (nSPS) is 10.9. The minimum atomic E-state index is -0.0202. The highest BCUT2D eigenvalue weighted by molar-refractivity contribution is 6.32. The van der Waals surface area contributed by atoms with Gasteiger partial charge in [0.05, 0.1) is 16.6 Å². The van der Waals surface area contributed by atoms with Crippen LogP contribution in [0.5, 0.6) is 17.4 Å². The van der Waals surface area contributed by atoms with E-state index in [9.17, 15) is 4.79 Å². The smallest absolute Gasteiger partial charge is 0.219 e. The molecule has 1 N–H and O–H groups in total. The molecule has 0 aliphatic rings. The van der Waals surface area contributed by atoms with Crippen molar-refractivity contribution < 1.29 is 14.3 Å². The molecule has 146 valence electrons. The van der Waals surface area contributed by atoms with E-state index in [-0.39, 0.29) is 12.0 Å². The van der Waals surface area contributed by atoms with Crippen molar-refractivity contribution in [2.45, 2.75) is 33.3 Å². The van der Waals surface area contributed by atoms with Gasteiger partial charge in [0.25, 0.3) is 0 Å². The lowest BCUT2D eigenvalue weighted by atomic mass is 10.1.